The second kappa shape index (κ2) is 5.81. The Bertz CT molecular complexity index is 939. The molecule has 0 aliphatic heterocycles. The average molecular weight is 320 g/mol. The van der Waals surface area contributed by atoms with E-state index in [9.17, 15) is 9.59 Å². The lowest BCUT2D eigenvalue weighted by atomic mass is 10.2. The zero-order chi connectivity index (χ0) is 16.5. The van der Waals surface area contributed by atoms with Crippen molar-refractivity contribution in [3.8, 4) is 5.69 Å². The number of pyridine rings is 1. The summed E-state index contributed by atoms with van der Waals surface area (Å²) in [5.41, 5.74) is 2.05. The van der Waals surface area contributed by atoms with Gasteiger partial charge in [-0.05, 0) is 43.2 Å². The van der Waals surface area contributed by atoms with Crippen molar-refractivity contribution in [3.63, 3.8) is 0 Å². The number of rotatable bonds is 4. The van der Waals surface area contributed by atoms with Crippen molar-refractivity contribution in [2.75, 3.05) is 5.32 Å². The molecule has 0 unspecified atom stereocenters. The van der Waals surface area contributed by atoms with E-state index < -0.39 is 0 Å². The molecule has 4 rings (SSSR count). The van der Waals surface area contributed by atoms with Gasteiger partial charge in [-0.3, -0.25) is 9.59 Å². The third-order valence-electron chi connectivity index (χ3n) is 4.02. The molecule has 1 aromatic carbocycles. The molecule has 3 aromatic rings. The number of para-hydroxylation sites is 1. The van der Waals surface area contributed by atoms with Gasteiger partial charge in [-0.15, -0.1) is 0 Å². The number of carbonyl (C=O) groups is 1. The molecule has 1 amide bonds. The van der Waals surface area contributed by atoms with E-state index in [0.717, 1.165) is 24.2 Å². The minimum Gasteiger partial charge on any atom is -0.327 e. The van der Waals surface area contributed by atoms with Crippen molar-refractivity contribution in [3.05, 3.63) is 76.5 Å². The number of anilines is 1. The summed E-state index contributed by atoms with van der Waals surface area (Å²) in [5.74, 6) is 0.0802. The normalized spacial score (nSPS) is 13.7. The molecule has 2 heterocycles. The van der Waals surface area contributed by atoms with Gasteiger partial charge in [0.1, 0.15) is 11.4 Å². The van der Waals surface area contributed by atoms with Gasteiger partial charge in [-0.1, -0.05) is 18.2 Å². The summed E-state index contributed by atoms with van der Waals surface area (Å²) < 4.78 is 1.64. The van der Waals surface area contributed by atoms with E-state index in [2.05, 4.69) is 15.4 Å². The van der Waals surface area contributed by atoms with Crippen LogP contribution in [0.1, 0.15) is 34.9 Å². The highest BCUT2D eigenvalue weighted by molar-refractivity contribution is 6.03. The van der Waals surface area contributed by atoms with Gasteiger partial charge >= 0.3 is 0 Å². The largest absolute Gasteiger partial charge is 0.327 e. The summed E-state index contributed by atoms with van der Waals surface area (Å²) in [6.07, 6.45) is 3.73. The summed E-state index contributed by atoms with van der Waals surface area (Å²) in [6.45, 7) is 0. The molecule has 24 heavy (non-hydrogen) atoms. The van der Waals surface area contributed by atoms with Gasteiger partial charge < -0.3 is 10.3 Å². The molecule has 0 saturated heterocycles. The first kappa shape index (κ1) is 14.4. The molecular weight excluding hydrogens is 304 g/mol. The Labute approximate surface area is 138 Å². The van der Waals surface area contributed by atoms with Gasteiger partial charge in [0, 0.05) is 12.1 Å². The van der Waals surface area contributed by atoms with Gasteiger partial charge in [-0.25, -0.2) is 4.68 Å². The van der Waals surface area contributed by atoms with Crippen LogP contribution in [0.3, 0.4) is 0 Å². The lowest BCUT2D eigenvalue weighted by Gasteiger charge is -2.07. The smallest absolute Gasteiger partial charge is 0.274 e. The predicted molar refractivity (Wildman–Crippen MR) is 90.6 cm³/mol. The molecule has 1 fully saturated rings. The van der Waals surface area contributed by atoms with Gasteiger partial charge in [0.2, 0.25) is 0 Å². The Morgan fingerprint density at radius 2 is 1.96 bits per heavy atom. The quantitative estimate of drug-likeness (QED) is 0.775. The Balaban J connectivity index is 1.72. The highest BCUT2D eigenvalue weighted by atomic mass is 16.2. The third-order valence-corrected chi connectivity index (χ3v) is 4.02. The van der Waals surface area contributed by atoms with Gasteiger partial charge in [0.15, 0.2) is 0 Å². The molecule has 1 aliphatic rings. The molecule has 1 aliphatic carbocycles. The summed E-state index contributed by atoms with van der Waals surface area (Å²) in [7, 11) is 0. The first-order chi connectivity index (χ1) is 11.7. The predicted octanol–water partition coefficient (Wildman–Crippen LogP) is 2.69. The minimum absolute atomic E-state index is 0.219. The molecule has 2 aromatic heterocycles. The van der Waals surface area contributed by atoms with Gasteiger partial charge in [0.25, 0.3) is 11.5 Å². The fourth-order valence-corrected chi connectivity index (χ4v) is 2.61. The fraction of sp³-hybridized carbons (Fsp3) is 0.167. The molecule has 0 radical (unpaired) electrons. The number of H-pyrrole nitrogens is 1. The van der Waals surface area contributed by atoms with Crippen LogP contribution in [0.2, 0.25) is 0 Å². The standard InChI is InChI=1S/C18H16N4O2/c23-17-14(7-4-10-19-17)20-18(24)16-11-15(12-8-9-12)21-22(16)13-5-2-1-3-6-13/h1-7,10-12H,8-9H2,(H,19,23)(H,20,24). The maximum absolute atomic E-state index is 12.7. The zero-order valence-electron chi connectivity index (χ0n) is 12.9. The van der Waals surface area contributed by atoms with E-state index in [-0.39, 0.29) is 17.2 Å². The molecule has 6 nitrogen and oxygen atoms in total. The number of carbonyl (C=O) groups excluding carboxylic acids is 1. The second-order valence-electron chi connectivity index (χ2n) is 5.84. The summed E-state index contributed by atoms with van der Waals surface area (Å²) in [5, 5.41) is 7.26. The monoisotopic (exact) mass is 320 g/mol. The Morgan fingerprint density at radius 3 is 2.67 bits per heavy atom. The van der Waals surface area contributed by atoms with Crippen molar-refractivity contribution in [1.29, 1.82) is 0 Å². The molecule has 2 N–H and O–H groups in total. The number of hydrogen-bond donors (Lipinski definition) is 2. The van der Waals surface area contributed by atoms with Gasteiger partial charge in [-0.2, -0.15) is 5.10 Å². The van der Waals surface area contributed by atoms with Crippen molar-refractivity contribution in [2.24, 2.45) is 0 Å². The molecule has 0 spiro atoms. The highest BCUT2D eigenvalue weighted by Crippen LogP contribution is 2.39. The number of hydrogen-bond acceptors (Lipinski definition) is 3. The molecule has 1 saturated carbocycles. The van der Waals surface area contributed by atoms with E-state index in [1.807, 2.05) is 36.4 Å². The average Bonchev–Trinajstić information content (AvgIpc) is 3.36. The van der Waals surface area contributed by atoms with Crippen LogP contribution in [-0.2, 0) is 0 Å². The molecule has 0 atom stereocenters. The van der Waals surface area contributed by atoms with Crippen LogP contribution in [0, 0.1) is 0 Å². The van der Waals surface area contributed by atoms with E-state index in [1.165, 1.54) is 6.20 Å². The number of amides is 1. The van der Waals surface area contributed by atoms with E-state index in [1.54, 1.807) is 16.8 Å². The van der Waals surface area contributed by atoms with Crippen LogP contribution in [0.5, 0.6) is 0 Å². The van der Waals surface area contributed by atoms with Crippen LogP contribution in [0.15, 0.2) is 59.5 Å². The number of aromatic nitrogens is 3. The van der Waals surface area contributed by atoms with E-state index in [4.69, 9.17) is 0 Å². The van der Waals surface area contributed by atoms with Crippen LogP contribution >= 0.6 is 0 Å². The molecule has 0 bridgehead atoms. The SMILES string of the molecule is O=C(Nc1ccc[nH]c1=O)c1cc(C2CC2)nn1-c1ccccc1. The lowest BCUT2D eigenvalue weighted by Crippen LogP contribution is -2.21. The van der Waals surface area contributed by atoms with Crippen molar-refractivity contribution >= 4 is 11.6 Å². The number of aromatic amines is 1. The zero-order valence-corrected chi connectivity index (χ0v) is 12.9. The van der Waals surface area contributed by atoms with E-state index in [0.29, 0.717) is 11.6 Å². The second-order valence-corrected chi connectivity index (χ2v) is 5.84. The molecule has 6 heteroatoms. The summed E-state index contributed by atoms with van der Waals surface area (Å²) in [6, 6.07) is 14.6. The molecular formula is C18H16N4O2. The summed E-state index contributed by atoms with van der Waals surface area (Å²) >= 11 is 0. The topological polar surface area (TPSA) is 79.8 Å². The molecule has 120 valence electrons. The van der Waals surface area contributed by atoms with Crippen molar-refractivity contribution < 1.29 is 4.79 Å². The summed E-state index contributed by atoms with van der Waals surface area (Å²) in [4.78, 5) is 27.0. The maximum atomic E-state index is 12.7. The highest BCUT2D eigenvalue weighted by Gasteiger charge is 2.29. The fourth-order valence-electron chi connectivity index (χ4n) is 2.61. The van der Waals surface area contributed by atoms with Crippen LogP contribution in [0.4, 0.5) is 5.69 Å². The Hall–Kier alpha value is -3.15. The van der Waals surface area contributed by atoms with Crippen LogP contribution < -0.4 is 10.9 Å². The third kappa shape index (κ3) is 2.74. The number of nitrogens with one attached hydrogen (secondary N) is 2. The minimum atomic E-state index is -0.352. The first-order valence-corrected chi connectivity index (χ1v) is 7.87. The van der Waals surface area contributed by atoms with Crippen LogP contribution in [-0.4, -0.2) is 20.7 Å². The van der Waals surface area contributed by atoms with Gasteiger partial charge in [0.05, 0.1) is 11.4 Å². The van der Waals surface area contributed by atoms with Crippen molar-refractivity contribution in [1.82, 2.24) is 14.8 Å². The maximum Gasteiger partial charge on any atom is 0.274 e. The van der Waals surface area contributed by atoms with E-state index >= 15 is 0 Å². The number of nitrogens with zero attached hydrogens (tertiary/aromatic N) is 2. The first-order valence-electron chi connectivity index (χ1n) is 7.87. The Morgan fingerprint density at radius 1 is 1.17 bits per heavy atom. The number of benzene rings is 1. The lowest BCUT2D eigenvalue weighted by molar-refractivity contribution is 0.101. The Kier molecular flexibility index (Phi) is 3.49. The van der Waals surface area contributed by atoms with Crippen LogP contribution in [0.25, 0.3) is 5.69 Å². The van der Waals surface area contributed by atoms with Crippen molar-refractivity contribution in [2.45, 2.75) is 18.8 Å².